The fourth-order valence-corrected chi connectivity index (χ4v) is 5.53. The number of likely N-dealkylation sites (tertiary alicyclic amines) is 1. The number of fused-ring (bicyclic) bond motifs is 1. The Morgan fingerprint density at radius 2 is 2.16 bits per heavy atom. The lowest BCUT2D eigenvalue weighted by Gasteiger charge is -2.28. The number of rotatable bonds is 3. The Hall–Kier alpha value is -1.92. The third-order valence-electron chi connectivity index (χ3n) is 5.52. The first-order valence-electron chi connectivity index (χ1n) is 8.72. The van der Waals surface area contributed by atoms with Crippen LogP contribution >= 0.6 is 0 Å². The quantitative estimate of drug-likeness (QED) is 0.917. The van der Waals surface area contributed by atoms with Crippen molar-refractivity contribution in [1.29, 1.82) is 0 Å². The molecule has 3 atom stereocenters. The third kappa shape index (κ3) is 2.93. The van der Waals surface area contributed by atoms with E-state index in [-0.39, 0.29) is 5.92 Å². The van der Waals surface area contributed by atoms with Crippen molar-refractivity contribution in [3.8, 4) is 0 Å². The summed E-state index contributed by atoms with van der Waals surface area (Å²) in [6.07, 6.45) is 8.67. The van der Waals surface area contributed by atoms with Crippen LogP contribution in [0.25, 0.3) is 10.9 Å². The number of hydrogen-bond donors (Lipinski definition) is 1. The smallest absolute Gasteiger partial charge is 0.206 e. The number of benzene rings is 1. The van der Waals surface area contributed by atoms with Gasteiger partial charge in [0.05, 0.1) is 21.5 Å². The minimum atomic E-state index is -3.50. The number of sulfone groups is 1. The van der Waals surface area contributed by atoms with E-state index in [1.54, 1.807) is 30.5 Å². The molecule has 25 heavy (non-hydrogen) atoms. The van der Waals surface area contributed by atoms with E-state index in [9.17, 15) is 8.42 Å². The fourth-order valence-electron chi connectivity index (χ4n) is 4.08. The van der Waals surface area contributed by atoms with Crippen molar-refractivity contribution < 1.29 is 8.42 Å². The molecular formula is C19H23N3O2S. The Morgan fingerprint density at radius 1 is 1.32 bits per heavy atom. The highest BCUT2D eigenvalue weighted by Gasteiger charge is 2.32. The number of allylic oxidation sites excluding steroid dienone is 3. The minimum absolute atomic E-state index is 0.226. The van der Waals surface area contributed by atoms with Crippen molar-refractivity contribution in [3.63, 3.8) is 0 Å². The van der Waals surface area contributed by atoms with Gasteiger partial charge in [0.25, 0.3) is 0 Å². The van der Waals surface area contributed by atoms with Gasteiger partial charge in [-0.15, -0.1) is 0 Å². The molecule has 0 saturated carbocycles. The average Bonchev–Trinajstić information content (AvgIpc) is 3.22. The highest BCUT2D eigenvalue weighted by atomic mass is 32.2. The van der Waals surface area contributed by atoms with Crippen molar-refractivity contribution >= 4 is 20.7 Å². The SMILES string of the molecule is CC1C=C(S(=O)(=O)c2ccc3[nH]ncc3c2)C=CC1[C@@H]1CCN(C)C1. The van der Waals surface area contributed by atoms with E-state index < -0.39 is 9.84 Å². The molecular weight excluding hydrogens is 334 g/mol. The van der Waals surface area contributed by atoms with Crippen LogP contribution < -0.4 is 0 Å². The van der Waals surface area contributed by atoms with Crippen LogP contribution in [0.4, 0.5) is 0 Å². The van der Waals surface area contributed by atoms with Crippen LogP contribution in [0.2, 0.25) is 0 Å². The Labute approximate surface area is 148 Å². The molecule has 4 rings (SSSR count). The molecule has 6 heteroatoms. The zero-order chi connectivity index (χ0) is 17.6. The molecule has 5 nitrogen and oxygen atoms in total. The molecule has 1 aromatic heterocycles. The van der Waals surface area contributed by atoms with Crippen LogP contribution in [0.15, 0.2) is 52.4 Å². The van der Waals surface area contributed by atoms with E-state index in [1.165, 1.54) is 6.42 Å². The lowest BCUT2D eigenvalue weighted by molar-refractivity contribution is 0.318. The lowest BCUT2D eigenvalue weighted by Crippen LogP contribution is -2.24. The molecule has 0 spiro atoms. The summed E-state index contributed by atoms with van der Waals surface area (Å²) in [5, 5.41) is 7.61. The first kappa shape index (κ1) is 16.5. The number of H-pyrrole nitrogens is 1. The predicted molar refractivity (Wildman–Crippen MR) is 98.8 cm³/mol. The number of nitrogens with one attached hydrogen (secondary N) is 1. The van der Waals surface area contributed by atoms with Crippen LogP contribution in [0.3, 0.4) is 0 Å². The van der Waals surface area contributed by atoms with Gasteiger partial charge in [-0.05, 0) is 62.0 Å². The molecule has 2 aliphatic rings. The number of aromatic amines is 1. The molecule has 1 N–H and O–H groups in total. The number of aromatic nitrogens is 2. The van der Waals surface area contributed by atoms with Gasteiger partial charge >= 0.3 is 0 Å². The standard InChI is InChI=1S/C19H23N3O2S/c1-13-9-16(3-5-18(13)14-7-8-22(2)12-14)25(23,24)17-4-6-19-15(10-17)11-20-21-19/h3-6,9-11,13-14,18H,7-8,12H2,1-2H3,(H,20,21)/t13?,14-,18?/m1/s1. The van der Waals surface area contributed by atoms with E-state index in [0.29, 0.717) is 21.6 Å². The van der Waals surface area contributed by atoms with Gasteiger partial charge in [0.15, 0.2) is 0 Å². The van der Waals surface area contributed by atoms with Gasteiger partial charge in [-0.2, -0.15) is 5.10 Å². The highest BCUT2D eigenvalue weighted by molar-refractivity contribution is 7.95. The summed E-state index contributed by atoms with van der Waals surface area (Å²) >= 11 is 0. The van der Waals surface area contributed by atoms with E-state index in [4.69, 9.17) is 0 Å². The van der Waals surface area contributed by atoms with Gasteiger partial charge in [0.2, 0.25) is 9.84 Å². The van der Waals surface area contributed by atoms with Gasteiger partial charge in [0.1, 0.15) is 0 Å². The zero-order valence-electron chi connectivity index (χ0n) is 14.5. The summed E-state index contributed by atoms with van der Waals surface area (Å²) in [5.74, 6) is 1.25. The molecule has 1 aliphatic heterocycles. The Bertz CT molecular complexity index is 958. The van der Waals surface area contributed by atoms with Crippen molar-refractivity contribution in [1.82, 2.24) is 15.1 Å². The summed E-state index contributed by atoms with van der Waals surface area (Å²) in [4.78, 5) is 3.08. The second-order valence-corrected chi connectivity index (χ2v) is 9.25. The summed E-state index contributed by atoms with van der Waals surface area (Å²) < 4.78 is 26.0. The molecule has 132 valence electrons. The van der Waals surface area contributed by atoms with Gasteiger partial charge in [-0.1, -0.05) is 19.1 Å². The third-order valence-corrected chi connectivity index (χ3v) is 7.29. The largest absolute Gasteiger partial charge is 0.306 e. The monoisotopic (exact) mass is 357 g/mol. The summed E-state index contributed by atoms with van der Waals surface area (Å²) in [5.41, 5.74) is 0.839. The van der Waals surface area contributed by atoms with Crippen molar-refractivity contribution in [2.45, 2.75) is 18.2 Å². The molecule has 1 aromatic carbocycles. The van der Waals surface area contributed by atoms with Crippen molar-refractivity contribution in [3.05, 3.63) is 47.5 Å². The first-order valence-corrected chi connectivity index (χ1v) is 10.2. The Kier molecular flexibility index (Phi) is 4.04. The normalized spacial score (nSPS) is 27.8. The van der Waals surface area contributed by atoms with E-state index >= 15 is 0 Å². The first-order chi connectivity index (χ1) is 11.9. The molecule has 1 fully saturated rings. The maximum absolute atomic E-state index is 13.0. The van der Waals surface area contributed by atoms with Crippen LogP contribution in [0.1, 0.15) is 13.3 Å². The average molecular weight is 357 g/mol. The van der Waals surface area contributed by atoms with Crippen LogP contribution in [-0.4, -0.2) is 43.7 Å². The van der Waals surface area contributed by atoms with E-state index in [0.717, 1.165) is 24.0 Å². The van der Waals surface area contributed by atoms with Gasteiger partial charge < -0.3 is 4.90 Å². The topological polar surface area (TPSA) is 66.1 Å². The number of hydrogen-bond acceptors (Lipinski definition) is 4. The molecule has 0 radical (unpaired) electrons. The van der Waals surface area contributed by atoms with Gasteiger partial charge in [-0.25, -0.2) is 8.42 Å². The van der Waals surface area contributed by atoms with E-state index in [1.807, 2.05) is 6.08 Å². The summed E-state index contributed by atoms with van der Waals surface area (Å²) in [7, 11) is -1.35. The van der Waals surface area contributed by atoms with Gasteiger partial charge in [0, 0.05) is 11.9 Å². The second-order valence-electron chi connectivity index (χ2n) is 7.30. The second kappa shape index (κ2) is 6.11. The minimum Gasteiger partial charge on any atom is -0.306 e. The zero-order valence-corrected chi connectivity index (χ0v) is 15.3. The Morgan fingerprint density at radius 3 is 2.88 bits per heavy atom. The maximum Gasteiger partial charge on any atom is 0.206 e. The Balaban J connectivity index is 1.62. The molecule has 1 aliphatic carbocycles. The molecule has 1 saturated heterocycles. The lowest BCUT2D eigenvalue weighted by atomic mass is 9.79. The van der Waals surface area contributed by atoms with Crippen molar-refractivity contribution in [2.24, 2.45) is 17.8 Å². The van der Waals surface area contributed by atoms with Crippen LogP contribution in [0, 0.1) is 17.8 Å². The summed E-state index contributed by atoms with van der Waals surface area (Å²) in [6.45, 7) is 4.34. The van der Waals surface area contributed by atoms with Crippen molar-refractivity contribution in [2.75, 3.05) is 20.1 Å². The summed E-state index contributed by atoms with van der Waals surface area (Å²) in [6, 6.07) is 5.10. The molecule has 0 bridgehead atoms. The van der Waals surface area contributed by atoms with Crippen LogP contribution in [0.5, 0.6) is 0 Å². The molecule has 2 heterocycles. The fraction of sp³-hybridized carbons (Fsp3) is 0.421. The predicted octanol–water partition coefficient (Wildman–Crippen LogP) is 2.99. The highest BCUT2D eigenvalue weighted by Crippen LogP contribution is 2.36. The molecule has 2 aromatic rings. The molecule has 0 amide bonds. The van der Waals surface area contributed by atoms with Crippen LogP contribution in [-0.2, 0) is 9.84 Å². The van der Waals surface area contributed by atoms with E-state index in [2.05, 4.69) is 35.1 Å². The maximum atomic E-state index is 13.0. The van der Waals surface area contributed by atoms with Gasteiger partial charge in [-0.3, -0.25) is 5.10 Å². The molecule has 2 unspecified atom stereocenters. The number of nitrogens with zero attached hydrogens (tertiary/aromatic N) is 2.